The van der Waals surface area contributed by atoms with Gasteiger partial charge in [-0.2, -0.15) is 0 Å². The highest BCUT2D eigenvalue weighted by molar-refractivity contribution is 5.90. The number of anilines is 1. The number of carbonyl (C=O) groups excluding carboxylic acids is 1. The van der Waals surface area contributed by atoms with E-state index in [4.69, 9.17) is 4.74 Å². The van der Waals surface area contributed by atoms with E-state index in [9.17, 15) is 4.79 Å². The monoisotopic (exact) mass is 249 g/mol. The van der Waals surface area contributed by atoms with E-state index in [1.165, 1.54) is 7.11 Å². The standard InChI is InChI=1S/C13H19N3O2/c1-14-9-11-4-3-7-16(11)12-8-10(5-6-15-12)13(17)18-2/h5-6,8,11,14H,3-4,7,9H2,1-2H3. The molecule has 2 rings (SSSR count). The van der Waals surface area contributed by atoms with Crippen LogP contribution in [0, 0.1) is 0 Å². The van der Waals surface area contributed by atoms with Crippen LogP contribution in [-0.2, 0) is 4.74 Å². The van der Waals surface area contributed by atoms with Gasteiger partial charge in [0.1, 0.15) is 5.82 Å². The number of ether oxygens (including phenoxy) is 1. The average molecular weight is 249 g/mol. The van der Waals surface area contributed by atoms with E-state index in [2.05, 4.69) is 15.2 Å². The third-order valence-electron chi connectivity index (χ3n) is 3.28. The van der Waals surface area contributed by atoms with E-state index in [0.717, 1.165) is 31.7 Å². The van der Waals surface area contributed by atoms with Gasteiger partial charge >= 0.3 is 5.97 Å². The molecular formula is C13H19N3O2. The molecule has 1 fully saturated rings. The lowest BCUT2D eigenvalue weighted by atomic mass is 10.2. The molecule has 2 heterocycles. The normalized spacial score (nSPS) is 19.0. The number of pyridine rings is 1. The van der Waals surface area contributed by atoms with E-state index < -0.39 is 0 Å². The van der Waals surface area contributed by atoms with Crippen LogP contribution in [0.5, 0.6) is 0 Å². The van der Waals surface area contributed by atoms with Crippen molar-refractivity contribution in [3.63, 3.8) is 0 Å². The summed E-state index contributed by atoms with van der Waals surface area (Å²) in [5.41, 5.74) is 0.553. The molecule has 0 bridgehead atoms. The molecule has 5 heteroatoms. The summed E-state index contributed by atoms with van der Waals surface area (Å²) in [6.45, 7) is 1.92. The SMILES string of the molecule is CNCC1CCCN1c1cc(C(=O)OC)ccn1. The predicted octanol–water partition coefficient (Wildman–Crippen LogP) is 1.06. The Morgan fingerprint density at radius 1 is 1.67 bits per heavy atom. The first kappa shape index (κ1) is 12.8. The van der Waals surface area contributed by atoms with Gasteiger partial charge in [-0.05, 0) is 32.0 Å². The van der Waals surface area contributed by atoms with Crippen LogP contribution in [0.3, 0.4) is 0 Å². The molecule has 1 N–H and O–H groups in total. The Balaban J connectivity index is 2.19. The minimum Gasteiger partial charge on any atom is -0.465 e. The zero-order chi connectivity index (χ0) is 13.0. The fourth-order valence-electron chi connectivity index (χ4n) is 2.41. The average Bonchev–Trinajstić information content (AvgIpc) is 2.87. The van der Waals surface area contributed by atoms with Crippen molar-refractivity contribution in [1.82, 2.24) is 10.3 Å². The minimum atomic E-state index is -0.317. The minimum absolute atomic E-state index is 0.317. The highest BCUT2D eigenvalue weighted by Gasteiger charge is 2.25. The number of likely N-dealkylation sites (N-methyl/N-ethyl adjacent to an activating group) is 1. The molecule has 0 amide bonds. The molecule has 98 valence electrons. The summed E-state index contributed by atoms with van der Waals surface area (Å²) < 4.78 is 4.73. The van der Waals surface area contributed by atoms with Gasteiger partial charge in [-0.3, -0.25) is 0 Å². The quantitative estimate of drug-likeness (QED) is 0.809. The van der Waals surface area contributed by atoms with E-state index >= 15 is 0 Å². The number of carbonyl (C=O) groups is 1. The Bertz CT molecular complexity index is 422. The Hall–Kier alpha value is -1.62. The Kier molecular flexibility index (Phi) is 4.15. The highest BCUT2D eigenvalue weighted by Crippen LogP contribution is 2.24. The number of esters is 1. The zero-order valence-corrected chi connectivity index (χ0v) is 10.8. The first-order valence-corrected chi connectivity index (χ1v) is 6.22. The molecule has 1 aliphatic heterocycles. The van der Waals surface area contributed by atoms with Gasteiger partial charge in [0.15, 0.2) is 0 Å². The van der Waals surface area contributed by atoms with Crippen molar-refractivity contribution in [2.45, 2.75) is 18.9 Å². The van der Waals surface area contributed by atoms with Gasteiger partial charge in [0.25, 0.3) is 0 Å². The lowest BCUT2D eigenvalue weighted by Gasteiger charge is -2.25. The highest BCUT2D eigenvalue weighted by atomic mass is 16.5. The molecule has 0 saturated carbocycles. The van der Waals surface area contributed by atoms with E-state index in [-0.39, 0.29) is 5.97 Å². The summed E-state index contributed by atoms with van der Waals surface area (Å²) >= 11 is 0. The van der Waals surface area contributed by atoms with Gasteiger partial charge in [0.2, 0.25) is 0 Å². The molecule has 1 aliphatic rings. The van der Waals surface area contributed by atoms with Crippen LogP contribution < -0.4 is 10.2 Å². The summed E-state index contributed by atoms with van der Waals surface area (Å²) in [5, 5.41) is 3.20. The number of nitrogens with one attached hydrogen (secondary N) is 1. The van der Waals surface area contributed by atoms with Crippen molar-refractivity contribution >= 4 is 11.8 Å². The van der Waals surface area contributed by atoms with Gasteiger partial charge in [-0.25, -0.2) is 9.78 Å². The van der Waals surface area contributed by atoms with Crippen molar-refractivity contribution in [1.29, 1.82) is 0 Å². The third kappa shape index (κ3) is 2.61. The van der Waals surface area contributed by atoms with Crippen molar-refractivity contribution < 1.29 is 9.53 Å². The third-order valence-corrected chi connectivity index (χ3v) is 3.28. The molecule has 1 saturated heterocycles. The molecule has 0 aromatic carbocycles. The number of aromatic nitrogens is 1. The van der Waals surface area contributed by atoms with Crippen LogP contribution >= 0.6 is 0 Å². The molecule has 0 radical (unpaired) electrons. The van der Waals surface area contributed by atoms with E-state index in [1.807, 2.05) is 7.05 Å². The van der Waals surface area contributed by atoms with Gasteiger partial charge in [0, 0.05) is 25.3 Å². The van der Waals surface area contributed by atoms with Crippen molar-refractivity contribution in [2.75, 3.05) is 32.1 Å². The topological polar surface area (TPSA) is 54.5 Å². The summed E-state index contributed by atoms with van der Waals surface area (Å²) in [7, 11) is 3.34. The molecule has 18 heavy (non-hydrogen) atoms. The van der Waals surface area contributed by atoms with Gasteiger partial charge in [-0.1, -0.05) is 0 Å². The lowest BCUT2D eigenvalue weighted by molar-refractivity contribution is 0.0600. The second-order valence-corrected chi connectivity index (χ2v) is 4.44. The summed E-state index contributed by atoms with van der Waals surface area (Å²) in [5.74, 6) is 0.540. The van der Waals surface area contributed by atoms with Crippen LogP contribution in [0.1, 0.15) is 23.2 Å². The van der Waals surface area contributed by atoms with E-state index in [0.29, 0.717) is 11.6 Å². The van der Waals surface area contributed by atoms with E-state index in [1.54, 1.807) is 18.3 Å². The van der Waals surface area contributed by atoms with Gasteiger partial charge in [-0.15, -0.1) is 0 Å². The van der Waals surface area contributed by atoms with Gasteiger partial charge < -0.3 is 15.0 Å². The first-order valence-electron chi connectivity index (χ1n) is 6.22. The predicted molar refractivity (Wildman–Crippen MR) is 69.9 cm³/mol. The summed E-state index contributed by atoms with van der Waals surface area (Å²) in [6, 6.07) is 3.94. The zero-order valence-electron chi connectivity index (χ0n) is 10.8. The Morgan fingerprint density at radius 2 is 2.50 bits per heavy atom. The van der Waals surface area contributed by atoms with Crippen molar-refractivity contribution in [3.05, 3.63) is 23.9 Å². The number of nitrogens with zero attached hydrogens (tertiary/aromatic N) is 2. The van der Waals surface area contributed by atoms with Crippen LogP contribution in [0.2, 0.25) is 0 Å². The maximum Gasteiger partial charge on any atom is 0.338 e. The summed E-state index contributed by atoms with van der Waals surface area (Å²) in [6.07, 6.45) is 3.98. The first-order chi connectivity index (χ1) is 8.76. The number of hydrogen-bond acceptors (Lipinski definition) is 5. The molecule has 1 atom stereocenters. The second kappa shape index (κ2) is 5.82. The molecule has 0 aliphatic carbocycles. The largest absolute Gasteiger partial charge is 0.465 e. The Morgan fingerprint density at radius 3 is 3.22 bits per heavy atom. The molecule has 1 unspecified atom stereocenters. The maximum atomic E-state index is 11.5. The molecule has 1 aromatic rings. The number of methoxy groups -OCH3 is 1. The van der Waals surface area contributed by atoms with Crippen molar-refractivity contribution in [3.8, 4) is 0 Å². The van der Waals surface area contributed by atoms with Gasteiger partial charge in [0.05, 0.1) is 12.7 Å². The van der Waals surface area contributed by atoms with Crippen LogP contribution in [-0.4, -0.2) is 44.2 Å². The lowest BCUT2D eigenvalue weighted by Crippen LogP contribution is -2.37. The fourth-order valence-corrected chi connectivity index (χ4v) is 2.41. The fraction of sp³-hybridized carbons (Fsp3) is 0.538. The second-order valence-electron chi connectivity index (χ2n) is 4.44. The maximum absolute atomic E-state index is 11.5. The number of rotatable bonds is 4. The molecule has 5 nitrogen and oxygen atoms in total. The van der Waals surface area contributed by atoms with Crippen LogP contribution in [0.25, 0.3) is 0 Å². The molecular weight excluding hydrogens is 230 g/mol. The van der Waals surface area contributed by atoms with Crippen LogP contribution in [0.4, 0.5) is 5.82 Å². The molecule has 0 spiro atoms. The summed E-state index contributed by atoms with van der Waals surface area (Å²) in [4.78, 5) is 18.1. The smallest absolute Gasteiger partial charge is 0.338 e. The van der Waals surface area contributed by atoms with Crippen LogP contribution in [0.15, 0.2) is 18.3 Å². The molecule has 1 aromatic heterocycles. The Labute approximate surface area is 107 Å². The van der Waals surface area contributed by atoms with Crippen molar-refractivity contribution in [2.24, 2.45) is 0 Å². The number of hydrogen-bond donors (Lipinski definition) is 1.